The van der Waals surface area contributed by atoms with Crippen LogP contribution in [-0.4, -0.2) is 28.9 Å². The van der Waals surface area contributed by atoms with E-state index in [0.717, 1.165) is 17.9 Å². The predicted molar refractivity (Wildman–Crippen MR) is 107 cm³/mol. The van der Waals surface area contributed by atoms with E-state index >= 15 is 0 Å². The third-order valence-electron chi connectivity index (χ3n) is 4.29. The summed E-state index contributed by atoms with van der Waals surface area (Å²) in [6.45, 7) is 3.67. The van der Waals surface area contributed by atoms with Crippen molar-refractivity contribution in [1.29, 1.82) is 0 Å². The monoisotopic (exact) mass is 360 g/mol. The molecular weight excluding hydrogens is 336 g/mol. The number of carbonyl (C=O) groups is 1. The number of hydrogen-bond donors (Lipinski definition) is 0. The highest BCUT2D eigenvalue weighted by atomic mass is 16.5. The summed E-state index contributed by atoms with van der Waals surface area (Å²) in [5.41, 5.74) is 2.75. The molecule has 0 aliphatic rings. The van der Waals surface area contributed by atoms with Crippen molar-refractivity contribution in [2.45, 2.75) is 19.9 Å². The van der Waals surface area contributed by atoms with Crippen molar-refractivity contribution in [1.82, 2.24) is 9.88 Å². The summed E-state index contributed by atoms with van der Waals surface area (Å²) in [5, 5.41) is 0. The highest BCUT2D eigenvalue weighted by Gasteiger charge is 2.17. The zero-order valence-corrected chi connectivity index (χ0v) is 15.5. The minimum atomic E-state index is -0.000340. The molecule has 0 atom stereocenters. The number of hydrogen-bond acceptors (Lipinski definition) is 3. The van der Waals surface area contributed by atoms with Gasteiger partial charge in [0.15, 0.2) is 0 Å². The zero-order valence-electron chi connectivity index (χ0n) is 15.5. The minimum Gasteiger partial charge on any atom is -0.494 e. The Morgan fingerprint density at radius 3 is 2.37 bits per heavy atom. The highest BCUT2D eigenvalue weighted by molar-refractivity contribution is 5.94. The Balaban J connectivity index is 1.75. The summed E-state index contributed by atoms with van der Waals surface area (Å²) >= 11 is 0. The molecule has 2 aromatic carbocycles. The van der Waals surface area contributed by atoms with Gasteiger partial charge in [-0.25, -0.2) is 0 Å². The average Bonchev–Trinajstić information content (AvgIpc) is 2.73. The van der Waals surface area contributed by atoms with Crippen LogP contribution in [0, 0.1) is 0 Å². The third kappa shape index (κ3) is 5.42. The van der Waals surface area contributed by atoms with E-state index < -0.39 is 0 Å². The fourth-order valence-electron chi connectivity index (χ4n) is 2.89. The van der Waals surface area contributed by atoms with Gasteiger partial charge < -0.3 is 9.64 Å². The average molecular weight is 360 g/mol. The molecule has 138 valence electrons. The first-order chi connectivity index (χ1) is 13.3. The van der Waals surface area contributed by atoms with Gasteiger partial charge >= 0.3 is 0 Å². The van der Waals surface area contributed by atoms with Gasteiger partial charge in [0.25, 0.3) is 5.91 Å². The molecule has 1 heterocycles. The number of amides is 1. The number of nitrogens with zero attached hydrogens (tertiary/aromatic N) is 2. The molecule has 0 bridgehead atoms. The maximum Gasteiger partial charge on any atom is 0.254 e. The molecule has 0 spiro atoms. The number of ether oxygens (including phenoxy) is 1. The SMILES string of the molecule is CCOc1ccc(C(=O)N(CCc2ccccc2)Cc2ccccn2)cc1. The van der Waals surface area contributed by atoms with E-state index in [2.05, 4.69) is 17.1 Å². The lowest BCUT2D eigenvalue weighted by atomic mass is 10.1. The van der Waals surface area contributed by atoms with Crippen LogP contribution in [0.1, 0.15) is 28.5 Å². The Morgan fingerprint density at radius 2 is 1.70 bits per heavy atom. The van der Waals surface area contributed by atoms with Gasteiger partial charge in [-0.3, -0.25) is 9.78 Å². The van der Waals surface area contributed by atoms with Crippen LogP contribution in [0.2, 0.25) is 0 Å². The second-order valence-corrected chi connectivity index (χ2v) is 6.24. The molecule has 1 aromatic heterocycles. The molecule has 1 amide bonds. The zero-order chi connectivity index (χ0) is 18.9. The van der Waals surface area contributed by atoms with Crippen LogP contribution in [0.25, 0.3) is 0 Å². The summed E-state index contributed by atoms with van der Waals surface area (Å²) in [7, 11) is 0. The van der Waals surface area contributed by atoms with Gasteiger partial charge in [-0.15, -0.1) is 0 Å². The molecule has 0 N–H and O–H groups in total. The van der Waals surface area contributed by atoms with E-state index in [1.165, 1.54) is 5.56 Å². The Hall–Kier alpha value is -3.14. The van der Waals surface area contributed by atoms with Crippen LogP contribution in [0.15, 0.2) is 79.0 Å². The first-order valence-corrected chi connectivity index (χ1v) is 9.22. The Morgan fingerprint density at radius 1 is 0.963 bits per heavy atom. The van der Waals surface area contributed by atoms with Crippen molar-refractivity contribution >= 4 is 5.91 Å². The van der Waals surface area contributed by atoms with Crippen LogP contribution in [0.5, 0.6) is 5.75 Å². The second-order valence-electron chi connectivity index (χ2n) is 6.24. The lowest BCUT2D eigenvalue weighted by Gasteiger charge is -2.23. The molecule has 0 saturated heterocycles. The predicted octanol–water partition coefficient (Wildman–Crippen LogP) is 4.37. The quantitative estimate of drug-likeness (QED) is 0.599. The largest absolute Gasteiger partial charge is 0.494 e. The summed E-state index contributed by atoms with van der Waals surface area (Å²) in [6, 6.07) is 23.3. The first-order valence-electron chi connectivity index (χ1n) is 9.22. The molecule has 4 nitrogen and oxygen atoms in total. The molecular formula is C23H24N2O2. The summed E-state index contributed by atoms with van der Waals surface area (Å²) in [5.74, 6) is 0.772. The van der Waals surface area contributed by atoms with Crippen LogP contribution >= 0.6 is 0 Å². The number of benzene rings is 2. The van der Waals surface area contributed by atoms with E-state index in [-0.39, 0.29) is 5.91 Å². The van der Waals surface area contributed by atoms with Crippen molar-refractivity contribution in [3.05, 3.63) is 95.8 Å². The molecule has 0 radical (unpaired) electrons. The molecule has 27 heavy (non-hydrogen) atoms. The fourth-order valence-corrected chi connectivity index (χ4v) is 2.89. The Bertz CT molecular complexity index is 833. The van der Waals surface area contributed by atoms with Crippen molar-refractivity contribution in [3.8, 4) is 5.75 Å². The second kappa shape index (κ2) is 9.53. The normalized spacial score (nSPS) is 10.4. The first kappa shape index (κ1) is 18.6. The molecule has 0 fully saturated rings. The van der Waals surface area contributed by atoms with Gasteiger partial charge in [0.05, 0.1) is 18.8 Å². The number of carbonyl (C=O) groups excluding carboxylic acids is 1. The van der Waals surface area contributed by atoms with Crippen molar-refractivity contribution in [2.75, 3.05) is 13.2 Å². The summed E-state index contributed by atoms with van der Waals surface area (Å²) < 4.78 is 5.47. The molecule has 3 aromatic rings. The molecule has 0 aliphatic heterocycles. The maximum atomic E-state index is 13.1. The number of rotatable bonds is 8. The van der Waals surface area contributed by atoms with Crippen LogP contribution in [0.3, 0.4) is 0 Å². The van der Waals surface area contributed by atoms with E-state index in [1.807, 2.05) is 72.5 Å². The maximum absolute atomic E-state index is 13.1. The lowest BCUT2D eigenvalue weighted by Crippen LogP contribution is -2.32. The number of pyridine rings is 1. The standard InChI is InChI=1S/C23H24N2O2/c1-2-27-22-13-11-20(12-14-22)23(26)25(18-21-10-6-7-16-24-21)17-15-19-8-4-3-5-9-19/h3-14,16H,2,15,17-18H2,1H3. The molecule has 0 unspecified atom stereocenters. The smallest absolute Gasteiger partial charge is 0.254 e. The third-order valence-corrected chi connectivity index (χ3v) is 4.29. The van der Waals surface area contributed by atoms with Gasteiger partial charge in [-0.05, 0) is 55.3 Å². The lowest BCUT2D eigenvalue weighted by molar-refractivity contribution is 0.0743. The molecule has 0 aliphatic carbocycles. The Kier molecular flexibility index (Phi) is 6.58. The fraction of sp³-hybridized carbons (Fsp3) is 0.217. The minimum absolute atomic E-state index is 0.000340. The van der Waals surface area contributed by atoms with Crippen LogP contribution in [-0.2, 0) is 13.0 Å². The number of aromatic nitrogens is 1. The highest BCUT2D eigenvalue weighted by Crippen LogP contribution is 2.15. The van der Waals surface area contributed by atoms with Gasteiger partial charge in [-0.1, -0.05) is 36.4 Å². The van der Waals surface area contributed by atoms with Crippen LogP contribution in [0.4, 0.5) is 0 Å². The van der Waals surface area contributed by atoms with E-state index in [9.17, 15) is 4.79 Å². The van der Waals surface area contributed by atoms with Gasteiger partial charge in [0, 0.05) is 18.3 Å². The summed E-state index contributed by atoms with van der Waals surface area (Å²) in [6.07, 6.45) is 2.56. The molecule has 4 heteroatoms. The van der Waals surface area contributed by atoms with Crippen molar-refractivity contribution in [2.24, 2.45) is 0 Å². The van der Waals surface area contributed by atoms with E-state index in [1.54, 1.807) is 6.20 Å². The molecule has 3 rings (SSSR count). The van der Waals surface area contributed by atoms with Crippen molar-refractivity contribution in [3.63, 3.8) is 0 Å². The summed E-state index contributed by atoms with van der Waals surface area (Å²) in [4.78, 5) is 19.3. The topological polar surface area (TPSA) is 42.4 Å². The van der Waals surface area contributed by atoms with E-state index in [0.29, 0.717) is 25.3 Å². The van der Waals surface area contributed by atoms with Gasteiger partial charge in [0.2, 0.25) is 0 Å². The molecule has 0 saturated carbocycles. The van der Waals surface area contributed by atoms with Gasteiger partial charge in [-0.2, -0.15) is 0 Å². The van der Waals surface area contributed by atoms with Gasteiger partial charge in [0.1, 0.15) is 5.75 Å². The van der Waals surface area contributed by atoms with E-state index in [4.69, 9.17) is 4.74 Å². The van der Waals surface area contributed by atoms with Crippen molar-refractivity contribution < 1.29 is 9.53 Å². The van der Waals surface area contributed by atoms with Crippen LogP contribution < -0.4 is 4.74 Å². The Labute approximate surface area is 160 Å².